The van der Waals surface area contributed by atoms with Crippen LogP contribution in [0.4, 0.5) is 4.39 Å². The summed E-state index contributed by atoms with van der Waals surface area (Å²) in [6.45, 7) is 8.81. The van der Waals surface area contributed by atoms with Gasteiger partial charge in [0.05, 0.1) is 5.02 Å². The van der Waals surface area contributed by atoms with Gasteiger partial charge in [-0.3, -0.25) is 4.90 Å². The minimum Gasteiger partial charge on any atom is -0.316 e. The van der Waals surface area contributed by atoms with E-state index in [4.69, 9.17) is 11.6 Å². The Morgan fingerprint density at radius 2 is 2.29 bits per heavy atom. The van der Waals surface area contributed by atoms with Gasteiger partial charge >= 0.3 is 0 Å². The number of nitrogens with zero attached hydrogens (tertiary/aromatic N) is 1. The maximum Gasteiger partial charge on any atom is 0.141 e. The fourth-order valence-corrected chi connectivity index (χ4v) is 3.31. The third-order valence-electron chi connectivity index (χ3n) is 4.38. The van der Waals surface area contributed by atoms with Crippen molar-refractivity contribution in [1.82, 2.24) is 10.2 Å². The summed E-state index contributed by atoms with van der Waals surface area (Å²) in [5, 5.41) is 3.70. The van der Waals surface area contributed by atoms with Gasteiger partial charge in [0.25, 0.3) is 0 Å². The van der Waals surface area contributed by atoms with Gasteiger partial charge in [0.1, 0.15) is 5.82 Å². The summed E-state index contributed by atoms with van der Waals surface area (Å²) >= 11 is 5.93. The molecule has 1 saturated heterocycles. The summed E-state index contributed by atoms with van der Waals surface area (Å²) in [7, 11) is 0. The summed E-state index contributed by atoms with van der Waals surface area (Å²) in [6, 6.07) is 5.36. The van der Waals surface area contributed by atoms with Crippen LogP contribution in [-0.4, -0.2) is 31.1 Å². The third kappa shape index (κ3) is 4.67. The molecule has 1 aliphatic heterocycles. The highest BCUT2D eigenvalue weighted by atomic mass is 35.5. The number of nitrogens with one attached hydrogen (secondary N) is 1. The molecule has 1 fully saturated rings. The zero-order chi connectivity index (χ0) is 15.2. The Kier molecular flexibility index (Phi) is 6.46. The predicted octanol–water partition coefficient (Wildman–Crippen LogP) is 4.25. The molecule has 1 aliphatic rings. The van der Waals surface area contributed by atoms with Crippen LogP contribution in [0.25, 0.3) is 0 Å². The van der Waals surface area contributed by atoms with Crippen molar-refractivity contribution in [3.05, 3.63) is 34.6 Å². The topological polar surface area (TPSA) is 15.3 Å². The minimum atomic E-state index is -0.342. The standard InChI is InChI=1S/C17H26ClFN2/c1-3-9-21(12-14-5-4-8-20-11-14)13(2)15-6-7-17(19)16(18)10-15/h6-7,10,13-14,20H,3-5,8-9,11-12H2,1-2H3. The van der Waals surface area contributed by atoms with Crippen LogP contribution in [-0.2, 0) is 0 Å². The van der Waals surface area contributed by atoms with Gasteiger partial charge in [-0.1, -0.05) is 24.6 Å². The summed E-state index contributed by atoms with van der Waals surface area (Å²) in [4.78, 5) is 2.50. The van der Waals surface area contributed by atoms with Crippen molar-refractivity contribution in [1.29, 1.82) is 0 Å². The molecule has 4 heteroatoms. The Balaban J connectivity index is 2.06. The summed E-state index contributed by atoms with van der Waals surface area (Å²) in [5.74, 6) is 0.370. The van der Waals surface area contributed by atoms with E-state index in [1.165, 1.54) is 18.9 Å². The van der Waals surface area contributed by atoms with E-state index in [0.29, 0.717) is 5.92 Å². The monoisotopic (exact) mass is 312 g/mol. The molecule has 0 amide bonds. The molecule has 2 nitrogen and oxygen atoms in total. The molecular weight excluding hydrogens is 287 g/mol. The molecule has 0 aromatic heterocycles. The molecule has 2 unspecified atom stereocenters. The second kappa shape index (κ2) is 8.11. The van der Waals surface area contributed by atoms with Gasteiger partial charge in [0.15, 0.2) is 0 Å². The molecule has 118 valence electrons. The van der Waals surface area contributed by atoms with E-state index >= 15 is 0 Å². The number of rotatable bonds is 6. The molecule has 1 aromatic carbocycles. The summed E-state index contributed by atoms with van der Waals surface area (Å²) in [6.07, 6.45) is 3.69. The molecule has 2 atom stereocenters. The quantitative estimate of drug-likeness (QED) is 0.844. The molecule has 0 spiro atoms. The SMILES string of the molecule is CCCN(CC1CCCNC1)C(C)c1ccc(F)c(Cl)c1. The molecule has 21 heavy (non-hydrogen) atoms. The molecule has 0 radical (unpaired) electrons. The van der Waals surface area contributed by atoms with Crippen molar-refractivity contribution in [2.75, 3.05) is 26.2 Å². The molecule has 0 bridgehead atoms. The van der Waals surface area contributed by atoms with Crippen LogP contribution >= 0.6 is 11.6 Å². The average molecular weight is 313 g/mol. The van der Waals surface area contributed by atoms with E-state index in [0.717, 1.165) is 38.2 Å². The van der Waals surface area contributed by atoms with Gasteiger partial charge in [-0.15, -0.1) is 0 Å². The summed E-state index contributed by atoms with van der Waals surface area (Å²) < 4.78 is 13.3. The number of hydrogen-bond acceptors (Lipinski definition) is 2. The smallest absolute Gasteiger partial charge is 0.141 e. The zero-order valence-electron chi connectivity index (χ0n) is 13.0. The lowest BCUT2D eigenvalue weighted by atomic mass is 9.97. The lowest BCUT2D eigenvalue weighted by molar-refractivity contribution is 0.163. The van der Waals surface area contributed by atoms with E-state index in [2.05, 4.69) is 24.1 Å². The number of piperidine rings is 1. The van der Waals surface area contributed by atoms with Crippen LogP contribution in [0.1, 0.15) is 44.7 Å². The maximum absolute atomic E-state index is 13.3. The average Bonchev–Trinajstić information content (AvgIpc) is 2.50. The molecule has 2 rings (SSSR count). The molecule has 0 aliphatic carbocycles. The highest BCUT2D eigenvalue weighted by Gasteiger charge is 2.21. The number of benzene rings is 1. The van der Waals surface area contributed by atoms with Gasteiger partial charge in [-0.05, 0) is 69.4 Å². The van der Waals surface area contributed by atoms with Crippen molar-refractivity contribution in [3.63, 3.8) is 0 Å². The normalized spacial score (nSPS) is 20.7. The van der Waals surface area contributed by atoms with Gasteiger partial charge in [-0.25, -0.2) is 4.39 Å². The fraction of sp³-hybridized carbons (Fsp3) is 0.647. The predicted molar refractivity (Wildman–Crippen MR) is 87.3 cm³/mol. The Morgan fingerprint density at radius 3 is 2.90 bits per heavy atom. The Bertz CT molecular complexity index is 446. The first-order valence-electron chi connectivity index (χ1n) is 8.01. The second-order valence-electron chi connectivity index (χ2n) is 6.06. The van der Waals surface area contributed by atoms with Gasteiger partial charge in [0, 0.05) is 12.6 Å². The second-order valence-corrected chi connectivity index (χ2v) is 6.46. The minimum absolute atomic E-state index is 0.218. The largest absolute Gasteiger partial charge is 0.316 e. The fourth-order valence-electron chi connectivity index (χ4n) is 3.12. The lowest BCUT2D eigenvalue weighted by Crippen LogP contribution is -2.39. The number of hydrogen-bond donors (Lipinski definition) is 1. The van der Waals surface area contributed by atoms with Crippen LogP contribution in [0, 0.1) is 11.7 Å². The van der Waals surface area contributed by atoms with Gasteiger partial charge < -0.3 is 5.32 Å². The van der Waals surface area contributed by atoms with Crippen LogP contribution in [0.2, 0.25) is 5.02 Å². The highest BCUT2D eigenvalue weighted by molar-refractivity contribution is 6.30. The Morgan fingerprint density at radius 1 is 1.48 bits per heavy atom. The van der Waals surface area contributed by atoms with E-state index < -0.39 is 0 Å². The zero-order valence-corrected chi connectivity index (χ0v) is 13.8. The Labute approximate surface area is 132 Å². The Hall–Kier alpha value is -0.640. The maximum atomic E-state index is 13.3. The van der Waals surface area contributed by atoms with Crippen molar-refractivity contribution < 1.29 is 4.39 Å². The highest BCUT2D eigenvalue weighted by Crippen LogP contribution is 2.26. The van der Waals surface area contributed by atoms with Crippen LogP contribution < -0.4 is 5.32 Å². The van der Waals surface area contributed by atoms with Gasteiger partial charge in [0.2, 0.25) is 0 Å². The lowest BCUT2D eigenvalue weighted by Gasteiger charge is -2.34. The van der Waals surface area contributed by atoms with Crippen molar-refractivity contribution in [2.45, 2.75) is 39.2 Å². The van der Waals surface area contributed by atoms with E-state index in [-0.39, 0.29) is 16.9 Å². The number of halogens is 2. The van der Waals surface area contributed by atoms with E-state index in [1.807, 2.05) is 6.07 Å². The van der Waals surface area contributed by atoms with Crippen LogP contribution in [0.15, 0.2) is 18.2 Å². The first kappa shape index (κ1) is 16.7. The van der Waals surface area contributed by atoms with Gasteiger partial charge in [-0.2, -0.15) is 0 Å². The molecule has 1 heterocycles. The molecular formula is C17H26ClFN2. The van der Waals surface area contributed by atoms with Crippen LogP contribution in [0.5, 0.6) is 0 Å². The van der Waals surface area contributed by atoms with Crippen molar-refractivity contribution in [3.8, 4) is 0 Å². The molecule has 1 aromatic rings. The van der Waals surface area contributed by atoms with E-state index in [1.54, 1.807) is 6.07 Å². The third-order valence-corrected chi connectivity index (χ3v) is 4.67. The van der Waals surface area contributed by atoms with Crippen LogP contribution in [0.3, 0.4) is 0 Å². The van der Waals surface area contributed by atoms with Crippen molar-refractivity contribution >= 4 is 11.6 Å². The van der Waals surface area contributed by atoms with Crippen molar-refractivity contribution in [2.24, 2.45) is 5.92 Å². The first-order chi connectivity index (χ1) is 10.1. The first-order valence-corrected chi connectivity index (χ1v) is 8.39. The molecule has 1 N–H and O–H groups in total. The molecule has 0 saturated carbocycles. The summed E-state index contributed by atoms with van der Waals surface area (Å²) in [5.41, 5.74) is 1.10. The van der Waals surface area contributed by atoms with E-state index in [9.17, 15) is 4.39 Å².